The van der Waals surface area contributed by atoms with Crippen LogP contribution < -0.4 is 9.46 Å². The van der Waals surface area contributed by atoms with Crippen molar-refractivity contribution in [2.45, 2.75) is 43.6 Å². The van der Waals surface area contributed by atoms with Gasteiger partial charge in [0.1, 0.15) is 5.75 Å². The third-order valence-electron chi connectivity index (χ3n) is 4.08. The van der Waals surface area contributed by atoms with Gasteiger partial charge in [-0.05, 0) is 49.4 Å². The highest BCUT2D eigenvalue weighted by atomic mass is 32.2. The van der Waals surface area contributed by atoms with Gasteiger partial charge < -0.3 is 9.84 Å². The van der Waals surface area contributed by atoms with Crippen molar-refractivity contribution in [2.24, 2.45) is 5.92 Å². The first-order chi connectivity index (χ1) is 9.94. The number of methoxy groups -OCH3 is 1. The van der Waals surface area contributed by atoms with Crippen molar-refractivity contribution >= 4 is 10.0 Å². The Hall–Kier alpha value is -1.11. The van der Waals surface area contributed by atoms with E-state index in [-0.39, 0.29) is 17.4 Å². The van der Waals surface area contributed by atoms with E-state index in [1.165, 1.54) is 6.07 Å². The second kappa shape index (κ2) is 6.77. The minimum absolute atomic E-state index is 0.00729. The van der Waals surface area contributed by atoms with E-state index in [1.807, 2.05) is 6.92 Å². The average molecular weight is 313 g/mol. The smallest absolute Gasteiger partial charge is 0.240 e. The van der Waals surface area contributed by atoms with Crippen LogP contribution in [0.3, 0.4) is 0 Å². The molecule has 0 saturated heterocycles. The Morgan fingerprint density at radius 1 is 1.33 bits per heavy atom. The van der Waals surface area contributed by atoms with Gasteiger partial charge in [-0.1, -0.05) is 12.8 Å². The predicted molar refractivity (Wildman–Crippen MR) is 80.9 cm³/mol. The molecule has 2 unspecified atom stereocenters. The molecule has 0 bridgehead atoms. The van der Waals surface area contributed by atoms with Crippen molar-refractivity contribution in [3.63, 3.8) is 0 Å². The monoisotopic (exact) mass is 313 g/mol. The molecular formula is C15H23NO4S. The third-order valence-corrected chi connectivity index (χ3v) is 5.50. The van der Waals surface area contributed by atoms with Gasteiger partial charge in [0.25, 0.3) is 0 Å². The lowest BCUT2D eigenvalue weighted by molar-refractivity contribution is 0.0724. The van der Waals surface area contributed by atoms with Crippen molar-refractivity contribution in [1.82, 2.24) is 4.72 Å². The summed E-state index contributed by atoms with van der Waals surface area (Å²) in [5, 5.41) is 9.90. The topological polar surface area (TPSA) is 75.6 Å². The summed E-state index contributed by atoms with van der Waals surface area (Å²) in [5.41, 5.74) is 0.776. The molecule has 118 valence electrons. The predicted octanol–water partition coefficient (Wildman–Crippen LogP) is 1.83. The highest BCUT2D eigenvalue weighted by molar-refractivity contribution is 7.89. The Morgan fingerprint density at radius 3 is 2.67 bits per heavy atom. The number of hydrogen-bond donors (Lipinski definition) is 2. The summed E-state index contributed by atoms with van der Waals surface area (Å²) in [7, 11) is -1.99. The van der Waals surface area contributed by atoms with E-state index in [9.17, 15) is 13.5 Å². The standard InChI is InChI=1S/C15H23NO4S/c1-11-9-13(7-8-15(11)20-2)21(18,19)16-10-12-5-3-4-6-14(12)17/h7-9,12,14,16-17H,3-6,10H2,1-2H3. The maximum absolute atomic E-state index is 12.3. The fourth-order valence-electron chi connectivity index (χ4n) is 2.74. The first-order valence-electron chi connectivity index (χ1n) is 7.26. The summed E-state index contributed by atoms with van der Waals surface area (Å²) in [6.07, 6.45) is 3.28. The molecule has 0 heterocycles. The van der Waals surface area contributed by atoms with Crippen LogP contribution in [0.1, 0.15) is 31.2 Å². The molecular weight excluding hydrogens is 290 g/mol. The van der Waals surface area contributed by atoms with Gasteiger partial charge in [0.2, 0.25) is 10.0 Å². The number of aryl methyl sites for hydroxylation is 1. The largest absolute Gasteiger partial charge is 0.496 e. The summed E-state index contributed by atoms with van der Waals surface area (Å²) < 4.78 is 32.3. The van der Waals surface area contributed by atoms with E-state index in [2.05, 4.69) is 4.72 Å². The zero-order valence-electron chi connectivity index (χ0n) is 12.5. The van der Waals surface area contributed by atoms with E-state index in [0.29, 0.717) is 5.75 Å². The molecule has 2 rings (SSSR count). The van der Waals surface area contributed by atoms with Crippen molar-refractivity contribution in [1.29, 1.82) is 0 Å². The molecule has 1 aliphatic carbocycles. The molecule has 1 aliphatic rings. The molecule has 2 atom stereocenters. The van der Waals surface area contributed by atoms with Crippen LogP contribution in [-0.2, 0) is 10.0 Å². The second-order valence-electron chi connectivity index (χ2n) is 5.60. The van der Waals surface area contributed by atoms with Gasteiger partial charge in [0, 0.05) is 6.54 Å². The molecule has 1 fully saturated rings. The number of hydrogen-bond acceptors (Lipinski definition) is 4. The van der Waals surface area contributed by atoms with Gasteiger partial charge >= 0.3 is 0 Å². The molecule has 0 amide bonds. The summed E-state index contributed by atoms with van der Waals surface area (Å²) >= 11 is 0. The van der Waals surface area contributed by atoms with Crippen molar-refractivity contribution in [3.05, 3.63) is 23.8 Å². The molecule has 2 N–H and O–H groups in total. The van der Waals surface area contributed by atoms with Crippen LogP contribution in [0.15, 0.2) is 23.1 Å². The van der Waals surface area contributed by atoms with E-state index in [1.54, 1.807) is 19.2 Å². The van der Waals surface area contributed by atoms with Crippen molar-refractivity contribution in [3.8, 4) is 5.75 Å². The molecule has 21 heavy (non-hydrogen) atoms. The minimum atomic E-state index is -3.55. The molecule has 0 spiro atoms. The van der Waals surface area contributed by atoms with Crippen LogP contribution in [0.25, 0.3) is 0 Å². The maximum Gasteiger partial charge on any atom is 0.240 e. The van der Waals surface area contributed by atoms with Gasteiger partial charge in [-0.3, -0.25) is 0 Å². The summed E-state index contributed by atoms with van der Waals surface area (Å²) in [6.45, 7) is 2.09. The Morgan fingerprint density at radius 2 is 2.05 bits per heavy atom. The number of benzene rings is 1. The van der Waals surface area contributed by atoms with Crippen LogP contribution in [-0.4, -0.2) is 33.3 Å². The molecule has 5 nitrogen and oxygen atoms in total. The SMILES string of the molecule is COc1ccc(S(=O)(=O)NCC2CCCCC2O)cc1C. The number of rotatable bonds is 5. The van der Waals surface area contributed by atoms with Crippen LogP contribution in [0.5, 0.6) is 5.75 Å². The first-order valence-corrected chi connectivity index (χ1v) is 8.74. The third kappa shape index (κ3) is 3.96. The van der Waals surface area contributed by atoms with E-state index < -0.39 is 16.1 Å². The summed E-state index contributed by atoms with van der Waals surface area (Å²) in [5.74, 6) is 0.671. The lowest BCUT2D eigenvalue weighted by atomic mass is 9.87. The number of aliphatic hydroxyl groups excluding tert-OH is 1. The summed E-state index contributed by atoms with van der Waals surface area (Å²) in [6, 6.07) is 4.78. The lowest BCUT2D eigenvalue weighted by Gasteiger charge is -2.27. The van der Waals surface area contributed by atoms with Crippen LogP contribution in [0, 0.1) is 12.8 Å². The number of nitrogens with one attached hydrogen (secondary N) is 1. The maximum atomic E-state index is 12.3. The fraction of sp³-hybridized carbons (Fsp3) is 0.600. The number of ether oxygens (including phenoxy) is 1. The Labute approximate surface area is 126 Å². The molecule has 0 aromatic heterocycles. The van der Waals surface area contributed by atoms with Crippen molar-refractivity contribution < 1.29 is 18.3 Å². The highest BCUT2D eigenvalue weighted by Crippen LogP contribution is 2.25. The average Bonchev–Trinajstić information content (AvgIpc) is 2.46. The quantitative estimate of drug-likeness (QED) is 0.869. The first kappa shape index (κ1) is 16.3. The molecule has 1 saturated carbocycles. The molecule has 1 aromatic rings. The fourth-order valence-corrected chi connectivity index (χ4v) is 3.92. The zero-order valence-corrected chi connectivity index (χ0v) is 13.3. The van der Waals surface area contributed by atoms with Gasteiger partial charge in [0.15, 0.2) is 0 Å². The Balaban J connectivity index is 2.06. The molecule has 0 aliphatic heterocycles. The van der Waals surface area contributed by atoms with E-state index in [0.717, 1.165) is 31.2 Å². The highest BCUT2D eigenvalue weighted by Gasteiger charge is 2.25. The number of sulfonamides is 1. The van der Waals surface area contributed by atoms with Crippen molar-refractivity contribution in [2.75, 3.05) is 13.7 Å². The molecule has 6 heteroatoms. The van der Waals surface area contributed by atoms with Gasteiger partial charge in [-0.2, -0.15) is 0 Å². The van der Waals surface area contributed by atoms with Gasteiger partial charge in [0.05, 0.1) is 18.1 Å². The van der Waals surface area contributed by atoms with Crippen LogP contribution >= 0.6 is 0 Å². The lowest BCUT2D eigenvalue weighted by Crippen LogP contribution is -2.36. The van der Waals surface area contributed by atoms with Crippen LogP contribution in [0.2, 0.25) is 0 Å². The zero-order chi connectivity index (χ0) is 15.5. The van der Waals surface area contributed by atoms with Crippen LogP contribution in [0.4, 0.5) is 0 Å². The van der Waals surface area contributed by atoms with Gasteiger partial charge in [-0.15, -0.1) is 0 Å². The Bertz CT molecular complexity index is 585. The molecule has 1 aromatic carbocycles. The normalized spacial score (nSPS) is 23.0. The minimum Gasteiger partial charge on any atom is -0.496 e. The van der Waals surface area contributed by atoms with E-state index in [4.69, 9.17) is 4.74 Å². The van der Waals surface area contributed by atoms with Gasteiger partial charge in [-0.25, -0.2) is 13.1 Å². The Kier molecular flexibility index (Phi) is 5.24. The number of aliphatic hydroxyl groups is 1. The second-order valence-corrected chi connectivity index (χ2v) is 7.36. The van der Waals surface area contributed by atoms with E-state index >= 15 is 0 Å². The summed E-state index contributed by atoms with van der Waals surface area (Å²) in [4.78, 5) is 0.228. The molecule has 0 radical (unpaired) electrons.